The van der Waals surface area contributed by atoms with Crippen molar-refractivity contribution in [1.29, 1.82) is 0 Å². The molecule has 1 aliphatic heterocycles. The van der Waals surface area contributed by atoms with E-state index in [1.54, 1.807) is 4.90 Å². The van der Waals surface area contributed by atoms with Gasteiger partial charge in [0.25, 0.3) is 6.01 Å². The van der Waals surface area contributed by atoms with E-state index in [-0.39, 0.29) is 36.6 Å². The van der Waals surface area contributed by atoms with E-state index in [0.29, 0.717) is 19.1 Å². The molecule has 1 saturated heterocycles. The predicted molar refractivity (Wildman–Crippen MR) is 58.1 cm³/mol. The lowest BCUT2D eigenvalue weighted by molar-refractivity contribution is 0.0663. The fourth-order valence-electron chi connectivity index (χ4n) is 1.18. The largest absolute Gasteiger partial charge is 0.475 e. The van der Waals surface area contributed by atoms with E-state index in [4.69, 9.17) is 15.3 Å². The number of carboxylic acid groups (broad SMARTS) is 1. The summed E-state index contributed by atoms with van der Waals surface area (Å²) in [7, 11) is 0. The summed E-state index contributed by atoms with van der Waals surface area (Å²) in [6, 6.07) is 0.472. The van der Waals surface area contributed by atoms with E-state index >= 15 is 0 Å². The molecule has 2 rings (SSSR count). The maximum absolute atomic E-state index is 10.4. The van der Waals surface area contributed by atoms with Gasteiger partial charge < -0.3 is 20.2 Å². The number of nitrogens with two attached hydrogens (primary N) is 1. The topological polar surface area (TPSA) is 92.6 Å². The second-order valence-corrected chi connectivity index (χ2v) is 2.98. The highest BCUT2D eigenvalue weighted by Crippen LogP contribution is 2.19. The van der Waals surface area contributed by atoms with Crippen LogP contribution in [0.4, 0.5) is 6.01 Å². The number of aromatic nitrogens is 1. The number of hydrogen-bond donors (Lipinski definition) is 2. The van der Waals surface area contributed by atoms with E-state index in [2.05, 4.69) is 4.98 Å². The molecule has 2 heterocycles. The van der Waals surface area contributed by atoms with Crippen molar-refractivity contribution < 1.29 is 14.3 Å². The Morgan fingerprint density at radius 1 is 1.60 bits per heavy atom. The van der Waals surface area contributed by atoms with E-state index in [1.165, 1.54) is 6.20 Å². The molecule has 0 spiro atoms. The van der Waals surface area contributed by atoms with Crippen LogP contribution < -0.4 is 10.6 Å². The lowest BCUT2D eigenvalue weighted by Gasteiger charge is -2.35. The molecule has 86 valence electrons. The van der Waals surface area contributed by atoms with E-state index in [9.17, 15) is 4.79 Å². The third-order valence-corrected chi connectivity index (χ3v) is 1.88. The Hall–Kier alpha value is -0.980. The molecule has 0 bridgehead atoms. The summed E-state index contributed by atoms with van der Waals surface area (Å²) in [6.45, 7) is 1.33. The summed E-state index contributed by atoms with van der Waals surface area (Å²) in [5, 5.41) is 8.55. The Balaban J connectivity index is 0.000000980. The SMILES string of the molecule is Cl.Cl.NC1CN(c2ncc(C(=O)O)o2)C1. The van der Waals surface area contributed by atoms with Crippen LogP contribution in [0.25, 0.3) is 0 Å². The predicted octanol–water partition coefficient (Wildman–Crippen LogP) is 0.364. The standard InChI is InChI=1S/C7H9N3O3.2ClH/c8-4-2-10(3-4)7-9-1-5(13-7)6(11)12;;/h1,4H,2-3,8H2,(H,11,12);2*1H. The monoisotopic (exact) mass is 255 g/mol. The lowest BCUT2D eigenvalue weighted by Crippen LogP contribution is -2.56. The van der Waals surface area contributed by atoms with Crippen molar-refractivity contribution in [2.24, 2.45) is 5.73 Å². The van der Waals surface area contributed by atoms with Gasteiger partial charge >= 0.3 is 5.97 Å². The van der Waals surface area contributed by atoms with Crippen LogP contribution in [0.15, 0.2) is 10.6 Å². The molecule has 0 atom stereocenters. The van der Waals surface area contributed by atoms with Crippen molar-refractivity contribution in [2.45, 2.75) is 6.04 Å². The Bertz CT molecular complexity index is 338. The highest BCUT2D eigenvalue weighted by Gasteiger charge is 2.27. The minimum atomic E-state index is -1.11. The molecule has 0 aliphatic carbocycles. The first-order valence-electron chi connectivity index (χ1n) is 3.86. The van der Waals surface area contributed by atoms with Gasteiger partial charge in [0.2, 0.25) is 5.76 Å². The number of hydrogen-bond acceptors (Lipinski definition) is 5. The summed E-state index contributed by atoms with van der Waals surface area (Å²) < 4.78 is 4.96. The van der Waals surface area contributed by atoms with Crippen LogP contribution in [0.2, 0.25) is 0 Å². The van der Waals surface area contributed by atoms with Gasteiger partial charge in [0.1, 0.15) is 0 Å². The van der Waals surface area contributed by atoms with Crippen LogP contribution in [0.1, 0.15) is 10.6 Å². The van der Waals surface area contributed by atoms with Gasteiger partial charge in [-0.2, -0.15) is 0 Å². The van der Waals surface area contributed by atoms with Gasteiger partial charge in [-0.3, -0.25) is 0 Å². The lowest BCUT2D eigenvalue weighted by atomic mass is 10.1. The van der Waals surface area contributed by atoms with Crippen molar-refractivity contribution in [3.05, 3.63) is 12.0 Å². The number of rotatable bonds is 2. The van der Waals surface area contributed by atoms with Crippen molar-refractivity contribution in [1.82, 2.24) is 4.98 Å². The van der Waals surface area contributed by atoms with Crippen molar-refractivity contribution >= 4 is 36.8 Å². The first-order chi connectivity index (χ1) is 6.16. The summed E-state index contributed by atoms with van der Waals surface area (Å²) >= 11 is 0. The fraction of sp³-hybridized carbons (Fsp3) is 0.429. The smallest absolute Gasteiger partial charge is 0.373 e. The first-order valence-corrected chi connectivity index (χ1v) is 3.86. The molecular weight excluding hydrogens is 245 g/mol. The van der Waals surface area contributed by atoms with Gasteiger partial charge in [0.15, 0.2) is 0 Å². The molecule has 1 aromatic heterocycles. The van der Waals surface area contributed by atoms with Gasteiger partial charge in [-0.05, 0) is 0 Å². The molecule has 6 nitrogen and oxygen atoms in total. The molecule has 0 unspecified atom stereocenters. The van der Waals surface area contributed by atoms with Crippen LogP contribution in [0, 0.1) is 0 Å². The van der Waals surface area contributed by atoms with Crippen LogP contribution in [-0.4, -0.2) is 35.2 Å². The van der Waals surface area contributed by atoms with Crippen LogP contribution >= 0.6 is 24.8 Å². The number of oxazole rings is 1. The molecule has 3 N–H and O–H groups in total. The summed E-state index contributed by atoms with van der Waals surface area (Å²) in [5.74, 6) is -1.25. The third kappa shape index (κ3) is 2.74. The van der Waals surface area contributed by atoms with Crippen molar-refractivity contribution in [2.75, 3.05) is 18.0 Å². The number of anilines is 1. The maximum Gasteiger partial charge on any atom is 0.373 e. The van der Waals surface area contributed by atoms with E-state index in [0.717, 1.165) is 0 Å². The Labute approximate surface area is 98.3 Å². The van der Waals surface area contributed by atoms with Gasteiger partial charge in [-0.25, -0.2) is 9.78 Å². The Morgan fingerprint density at radius 2 is 2.20 bits per heavy atom. The molecule has 0 aromatic carbocycles. The zero-order valence-corrected chi connectivity index (χ0v) is 9.25. The molecule has 0 radical (unpaired) electrons. The average molecular weight is 256 g/mol. The first kappa shape index (κ1) is 14.0. The number of nitrogens with zero attached hydrogens (tertiary/aromatic N) is 2. The summed E-state index contributed by atoms with van der Waals surface area (Å²) in [5.41, 5.74) is 5.55. The van der Waals surface area contributed by atoms with Gasteiger partial charge in [-0.1, -0.05) is 0 Å². The molecule has 1 fully saturated rings. The van der Waals surface area contributed by atoms with Crippen LogP contribution in [0.5, 0.6) is 0 Å². The molecule has 15 heavy (non-hydrogen) atoms. The third-order valence-electron chi connectivity index (χ3n) is 1.88. The molecule has 0 saturated carbocycles. The highest BCUT2D eigenvalue weighted by molar-refractivity contribution is 5.85. The molecule has 1 aromatic rings. The average Bonchev–Trinajstić information content (AvgIpc) is 2.46. The van der Waals surface area contributed by atoms with Crippen molar-refractivity contribution in [3.8, 4) is 0 Å². The number of carboxylic acids is 1. The summed E-state index contributed by atoms with van der Waals surface area (Å²) in [6.07, 6.45) is 1.20. The molecular formula is C7H11Cl2N3O3. The Morgan fingerprint density at radius 3 is 2.60 bits per heavy atom. The van der Waals surface area contributed by atoms with E-state index < -0.39 is 5.97 Å². The second-order valence-electron chi connectivity index (χ2n) is 2.98. The highest BCUT2D eigenvalue weighted by atomic mass is 35.5. The van der Waals surface area contributed by atoms with E-state index in [1.807, 2.05) is 0 Å². The zero-order chi connectivity index (χ0) is 9.42. The second kappa shape index (κ2) is 5.20. The molecule has 8 heteroatoms. The fourth-order valence-corrected chi connectivity index (χ4v) is 1.18. The quantitative estimate of drug-likeness (QED) is 0.793. The van der Waals surface area contributed by atoms with Crippen LogP contribution in [0.3, 0.4) is 0 Å². The molecule has 1 aliphatic rings. The van der Waals surface area contributed by atoms with Gasteiger partial charge in [0, 0.05) is 19.1 Å². The van der Waals surface area contributed by atoms with Gasteiger partial charge in [0.05, 0.1) is 6.20 Å². The number of aromatic carboxylic acids is 1. The number of halogens is 2. The minimum Gasteiger partial charge on any atom is -0.475 e. The zero-order valence-electron chi connectivity index (χ0n) is 7.62. The minimum absolute atomic E-state index is 0. The van der Waals surface area contributed by atoms with Gasteiger partial charge in [-0.15, -0.1) is 24.8 Å². The summed E-state index contributed by atoms with van der Waals surface area (Å²) in [4.78, 5) is 16.0. The molecule has 0 amide bonds. The van der Waals surface area contributed by atoms with Crippen molar-refractivity contribution in [3.63, 3.8) is 0 Å². The number of carbonyl (C=O) groups is 1. The maximum atomic E-state index is 10.4. The normalized spacial score (nSPS) is 14.9. The van der Waals surface area contributed by atoms with Crippen LogP contribution in [-0.2, 0) is 0 Å². The Kier molecular flexibility index (Phi) is 4.86.